The monoisotopic (exact) mass is 162 g/mol. The van der Waals surface area contributed by atoms with Gasteiger partial charge in [0.25, 0.3) is 0 Å². The molecular formula is C7H15O2P. The van der Waals surface area contributed by atoms with Gasteiger partial charge in [-0.3, -0.25) is 4.79 Å². The van der Waals surface area contributed by atoms with Crippen LogP contribution in [0.5, 0.6) is 0 Å². The third-order valence-corrected chi connectivity index (χ3v) is 2.29. The van der Waals surface area contributed by atoms with Crippen molar-refractivity contribution in [1.82, 2.24) is 0 Å². The summed E-state index contributed by atoms with van der Waals surface area (Å²) in [6.07, 6.45) is 3.24. The second-order valence-corrected chi connectivity index (χ2v) is 3.40. The standard InChI is InChI=1S/C7H15O2P/c1-2-6(10)4-3-5-7(8)9/h6H,2-5,10H2,1H3,(H,8,9). The van der Waals surface area contributed by atoms with Gasteiger partial charge in [-0.05, 0) is 24.9 Å². The molecular weight excluding hydrogens is 147 g/mol. The van der Waals surface area contributed by atoms with E-state index in [2.05, 4.69) is 16.2 Å². The first-order chi connectivity index (χ1) is 4.66. The zero-order valence-electron chi connectivity index (χ0n) is 6.34. The number of rotatable bonds is 5. The van der Waals surface area contributed by atoms with Crippen molar-refractivity contribution >= 4 is 15.2 Å². The number of carbonyl (C=O) groups is 1. The van der Waals surface area contributed by atoms with Crippen LogP contribution in [-0.4, -0.2) is 16.7 Å². The lowest BCUT2D eigenvalue weighted by atomic mass is 10.1. The zero-order valence-corrected chi connectivity index (χ0v) is 7.49. The highest BCUT2D eigenvalue weighted by Gasteiger charge is 2.00. The maximum Gasteiger partial charge on any atom is 0.303 e. The van der Waals surface area contributed by atoms with E-state index < -0.39 is 5.97 Å². The van der Waals surface area contributed by atoms with Crippen LogP contribution in [0.1, 0.15) is 32.6 Å². The van der Waals surface area contributed by atoms with Gasteiger partial charge in [0.2, 0.25) is 0 Å². The molecule has 2 nitrogen and oxygen atoms in total. The highest BCUT2D eigenvalue weighted by Crippen LogP contribution is 2.12. The fourth-order valence-corrected chi connectivity index (χ4v) is 0.955. The molecule has 0 fully saturated rings. The van der Waals surface area contributed by atoms with Crippen molar-refractivity contribution in [3.8, 4) is 0 Å². The summed E-state index contributed by atoms with van der Waals surface area (Å²) in [6.45, 7) is 2.11. The Labute approximate surface area is 64.2 Å². The fourth-order valence-electron chi connectivity index (χ4n) is 0.720. The minimum absolute atomic E-state index is 0.310. The lowest BCUT2D eigenvalue weighted by Gasteiger charge is -2.04. The summed E-state index contributed by atoms with van der Waals surface area (Å²) in [7, 11) is 2.72. The van der Waals surface area contributed by atoms with Gasteiger partial charge in [0.05, 0.1) is 0 Å². The van der Waals surface area contributed by atoms with Gasteiger partial charge in [-0.25, -0.2) is 0 Å². The molecule has 0 aliphatic heterocycles. The molecule has 3 heteroatoms. The predicted octanol–water partition coefficient (Wildman–Crippen LogP) is 1.89. The fraction of sp³-hybridized carbons (Fsp3) is 0.857. The molecule has 0 aliphatic carbocycles. The van der Waals surface area contributed by atoms with Crippen LogP contribution < -0.4 is 0 Å². The van der Waals surface area contributed by atoms with Gasteiger partial charge >= 0.3 is 5.97 Å². The Bertz CT molecular complexity index is 104. The van der Waals surface area contributed by atoms with Crippen molar-refractivity contribution in [2.45, 2.75) is 38.3 Å². The van der Waals surface area contributed by atoms with Gasteiger partial charge in [-0.2, -0.15) is 0 Å². The molecule has 60 valence electrons. The summed E-state index contributed by atoms with van der Waals surface area (Å²) in [5.74, 6) is -0.687. The molecule has 0 aromatic carbocycles. The largest absolute Gasteiger partial charge is 0.481 e. The topological polar surface area (TPSA) is 37.3 Å². The average Bonchev–Trinajstić information content (AvgIpc) is 1.87. The Hall–Kier alpha value is -0.100. The van der Waals surface area contributed by atoms with Crippen molar-refractivity contribution in [3.05, 3.63) is 0 Å². The molecule has 10 heavy (non-hydrogen) atoms. The summed E-state index contributed by atoms with van der Waals surface area (Å²) in [5, 5.41) is 8.29. The van der Waals surface area contributed by atoms with E-state index in [1.165, 1.54) is 0 Å². The number of aliphatic carboxylic acids is 1. The Morgan fingerprint density at radius 3 is 2.70 bits per heavy atom. The van der Waals surface area contributed by atoms with Crippen molar-refractivity contribution < 1.29 is 9.90 Å². The van der Waals surface area contributed by atoms with Gasteiger partial charge in [0.15, 0.2) is 0 Å². The summed E-state index contributed by atoms with van der Waals surface area (Å²) >= 11 is 0. The van der Waals surface area contributed by atoms with E-state index in [0.717, 1.165) is 19.3 Å². The van der Waals surface area contributed by atoms with E-state index in [-0.39, 0.29) is 0 Å². The van der Waals surface area contributed by atoms with Crippen molar-refractivity contribution in [1.29, 1.82) is 0 Å². The normalized spacial score (nSPS) is 13.0. The Kier molecular flexibility index (Phi) is 5.61. The third-order valence-electron chi connectivity index (χ3n) is 1.49. The molecule has 0 aliphatic rings. The number of carboxylic acids is 1. The van der Waals surface area contributed by atoms with E-state index >= 15 is 0 Å². The number of hydrogen-bond acceptors (Lipinski definition) is 1. The molecule has 0 saturated carbocycles. The molecule has 2 atom stereocenters. The molecule has 0 saturated heterocycles. The molecule has 0 rings (SSSR count). The molecule has 2 unspecified atom stereocenters. The minimum Gasteiger partial charge on any atom is -0.481 e. The van der Waals surface area contributed by atoms with E-state index in [0.29, 0.717) is 12.1 Å². The molecule has 0 radical (unpaired) electrons. The van der Waals surface area contributed by atoms with Crippen LogP contribution in [0, 0.1) is 0 Å². The van der Waals surface area contributed by atoms with E-state index in [1.54, 1.807) is 0 Å². The summed E-state index contributed by atoms with van der Waals surface area (Å²) in [5.41, 5.74) is 0.597. The predicted molar refractivity (Wildman–Crippen MR) is 45.3 cm³/mol. The Morgan fingerprint density at radius 1 is 1.70 bits per heavy atom. The van der Waals surface area contributed by atoms with Crippen molar-refractivity contribution in [2.75, 3.05) is 0 Å². The van der Waals surface area contributed by atoms with Gasteiger partial charge in [-0.1, -0.05) is 6.92 Å². The number of carboxylic acid groups (broad SMARTS) is 1. The van der Waals surface area contributed by atoms with Crippen molar-refractivity contribution in [3.63, 3.8) is 0 Å². The SMILES string of the molecule is CCC(P)CCCC(=O)O. The minimum atomic E-state index is -0.687. The quantitative estimate of drug-likeness (QED) is 0.627. The van der Waals surface area contributed by atoms with Crippen LogP contribution >= 0.6 is 9.24 Å². The van der Waals surface area contributed by atoms with Crippen LogP contribution in [0.2, 0.25) is 0 Å². The average molecular weight is 162 g/mol. The molecule has 1 N–H and O–H groups in total. The van der Waals surface area contributed by atoms with Gasteiger partial charge < -0.3 is 5.11 Å². The molecule has 0 heterocycles. The van der Waals surface area contributed by atoms with Crippen LogP contribution in [-0.2, 0) is 4.79 Å². The number of hydrogen-bond donors (Lipinski definition) is 1. The highest BCUT2D eigenvalue weighted by molar-refractivity contribution is 7.17. The second-order valence-electron chi connectivity index (χ2n) is 2.45. The van der Waals surface area contributed by atoms with E-state index in [9.17, 15) is 4.79 Å². The molecule has 0 bridgehead atoms. The van der Waals surface area contributed by atoms with Crippen LogP contribution in [0.4, 0.5) is 0 Å². The van der Waals surface area contributed by atoms with Gasteiger partial charge in [0, 0.05) is 6.42 Å². The highest BCUT2D eigenvalue weighted by atomic mass is 31.0. The molecule has 0 aromatic heterocycles. The molecule has 0 spiro atoms. The summed E-state index contributed by atoms with van der Waals surface area (Å²) < 4.78 is 0. The lowest BCUT2D eigenvalue weighted by molar-refractivity contribution is -0.137. The molecule has 0 aromatic rings. The van der Waals surface area contributed by atoms with Crippen LogP contribution in [0.25, 0.3) is 0 Å². The Balaban J connectivity index is 3.11. The van der Waals surface area contributed by atoms with Gasteiger partial charge in [-0.15, -0.1) is 9.24 Å². The van der Waals surface area contributed by atoms with Crippen molar-refractivity contribution in [2.24, 2.45) is 0 Å². The smallest absolute Gasteiger partial charge is 0.303 e. The second kappa shape index (κ2) is 5.67. The maximum atomic E-state index is 10.1. The van der Waals surface area contributed by atoms with Gasteiger partial charge in [0.1, 0.15) is 0 Å². The third kappa shape index (κ3) is 6.03. The Morgan fingerprint density at radius 2 is 2.30 bits per heavy atom. The summed E-state index contributed by atoms with van der Waals surface area (Å²) in [4.78, 5) is 10.1. The van der Waals surface area contributed by atoms with Crippen LogP contribution in [0.3, 0.4) is 0 Å². The zero-order chi connectivity index (χ0) is 7.98. The van der Waals surface area contributed by atoms with E-state index in [1.807, 2.05) is 0 Å². The van der Waals surface area contributed by atoms with E-state index in [4.69, 9.17) is 5.11 Å². The lowest BCUT2D eigenvalue weighted by Crippen LogP contribution is -1.99. The first kappa shape index (κ1) is 9.90. The first-order valence-electron chi connectivity index (χ1n) is 3.64. The molecule has 0 amide bonds. The maximum absolute atomic E-state index is 10.1. The van der Waals surface area contributed by atoms with Crippen LogP contribution in [0.15, 0.2) is 0 Å². The summed E-state index contributed by atoms with van der Waals surface area (Å²) in [6, 6.07) is 0. The first-order valence-corrected chi connectivity index (χ1v) is 4.30.